The highest BCUT2D eigenvalue weighted by molar-refractivity contribution is 5.84. The molecule has 19 heavy (non-hydrogen) atoms. The summed E-state index contributed by atoms with van der Waals surface area (Å²) in [6, 6.07) is 0. The van der Waals surface area contributed by atoms with Gasteiger partial charge in [0.05, 0.1) is 5.92 Å². The number of carboxylic acid groups (broad SMARTS) is 1. The van der Waals surface area contributed by atoms with E-state index in [1.165, 1.54) is 0 Å². The molecular formula is C13H26N4O2. The van der Waals surface area contributed by atoms with Gasteiger partial charge in [0.1, 0.15) is 5.84 Å². The standard InChI is InChI=1S/C8H18N4O2.C5H8/c1-5(2)3-6(8(13)14)4-7(9)11-12-10;1-4-5(2)3/h5-6,12H,3-4,10H2,1-2H3,(H2,9,11)(H,13,14);4H,1-2H2,3H3. The van der Waals surface area contributed by atoms with Gasteiger partial charge in [0, 0.05) is 6.42 Å². The highest BCUT2D eigenvalue weighted by Crippen LogP contribution is 2.15. The number of nitrogens with zero attached hydrogens (tertiary/aromatic N) is 1. The molecule has 0 saturated heterocycles. The van der Waals surface area contributed by atoms with Gasteiger partial charge < -0.3 is 10.8 Å². The fourth-order valence-electron chi connectivity index (χ4n) is 1.22. The van der Waals surface area contributed by atoms with Crippen molar-refractivity contribution in [3.05, 3.63) is 24.8 Å². The van der Waals surface area contributed by atoms with E-state index in [0.717, 1.165) is 5.57 Å². The lowest BCUT2D eigenvalue weighted by Gasteiger charge is -2.13. The number of allylic oxidation sites excluding steroid dienone is 2. The molecule has 0 aromatic rings. The van der Waals surface area contributed by atoms with E-state index < -0.39 is 11.9 Å². The summed E-state index contributed by atoms with van der Waals surface area (Å²) in [6.45, 7) is 12.9. The van der Waals surface area contributed by atoms with Crippen molar-refractivity contribution in [2.75, 3.05) is 0 Å². The first-order chi connectivity index (χ1) is 8.74. The van der Waals surface area contributed by atoms with Crippen molar-refractivity contribution in [3.63, 3.8) is 0 Å². The molecular weight excluding hydrogens is 244 g/mol. The Kier molecular flexibility index (Phi) is 11.6. The first-order valence-electron chi connectivity index (χ1n) is 6.02. The predicted molar refractivity (Wildman–Crippen MR) is 79.2 cm³/mol. The Bertz CT molecular complexity index is 325. The van der Waals surface area contributed by atoms with E-state index in [9.17, 15) is 4.79 Å². The molecule has 0 aliphatic rings. The number of carbonyl (C=O) groups is 1. The molecule has 0 heterocycles. The molecule has 6 N–H and O–H groups in total. The van der Waals surface area contributed by atoms with Crippen LogP contribution in [-0.2, 0) is 4.79 Å². The maximum atomic E-state index is 10.8. The van der Waals surface area contributed by atoms with Crippen LogP contribution in [0.5, 0.6) is 0 Å². The van der Waals surface area contributed by atoms with Crippen molar-refractivity contribution in [2.45, 2.75) is 33.6 Å². The van der Waals surface area contributed by atoms with E-state index in [-0.39, 0.29) is 12.3 Å². The van der Waals surface area contributed by atoms with E-state index in [0.29, 0.717) is 12.3 Å². The minimum absolute atomic E-state index is 0.209. The largest absolute Gasteiger partial charge is 0.481 e. The van der Waals surface area contributed by atoms with Crippen molar-refractivity contribution in [1.82, 2.24) is 5.53 Å². The van der Waals surface area contributed by atoms with Crippen LogP contribution in [0.1, 0.15) is 33.6 Å². The van der Waals surface area contributed by atoms with Crippen LogP contribution in [0, 0.1) is 11.8 Å². The molecule has 0 radical (unpaired) electrons. The minimum atomic E-state index is -0.853. The number of hydrogen-bond donors (Lipinski definition) is 4. The number of nitrogens with one attached hydrogen (secondary N) is 1. The summed E-state index contributed by atoms with van der Waals surface area (Å²) >= 11 is 0. The summed E-state index contributed by atoms with van der Waals surface area (Å²) < 4.78 is 0. The number of aliphatic carboxylic acids is 1. The first-order valence-corrected chi connectivity index (χ1v) is 6.02. The second-order valence-electron chi connectivity index (χ2n) is 4.65. The Morgan fingerprint density at radius 2 is 2.00 bits per heavy atom. The van der Waals surface area contributed by atoms with E-state index in [1.807, 2.05) is 26.3 Å². The first kappa shape index (κ1) is 19.5. The Balaban J connectivity index is 0. The smallest absolute Gasteiger partial charge is 0.306 e. The van der Waals surface area contributed by atoms with Crippen LogP contribution in [0.2, 0.25) is 0 Å². The average Bonchev–Trinajstić information content (AvgIpc) is 2.28. The van der Waals surface area contributed by atoms with Crippen LogP contribution in [0.3, 0.4) is 0 Å². The van der Waals surface area contributed by atoms with Crippen LogP contribution in [0.25, 0.3) is 0 Å². The van der Waals surface area contributed by atoms with Gasteiger partial charge in [0.25, 0.3) is 0 Å². The van der Waals surface area contributed by atoms with Crippen LogP contribution >= 0.6 is 0 Å². The third-order valence-corrected chi connectivity index (χ3v) is 2.12. The lowest BCUT2D eigenvalue weighted by Crippen LogP contribution is -2.27. The molecule has 1 unspecified atom stereocenters. The fraction of sp³-hybridized carbons (Fsp3) is 0.538. The van der Waals surface area contributed by atoms with Crippen molar-refractivity contribution < 1.29 is 9.90 Å². The topological polar surface area (TPSA) is 114 Å². The molecule has 0 aromatic carbocycles. The number of carboxylic acids is 1. The lowest BCUT2D eigenvalue weighted by molar-refractivity contribution is -0.142. The van der Waals surface area contributed by atoms with Gasteiger partial charge in [-0.05, 0) is 19.3 Å². The molecule has 1 atom stereocenters. The summed E-state index contributed by atoms with van der Waals surface area (Å²) in [4.78, 5) is 10.8. The Morgan fingerprint density at radius 3 is 2.26 bits per heavy atom. The Labute approximate surface area is 115 Å². The predicted octanol–water partition coefficient (Wildman–Crippen LogP) is 1.61. The van der Waals surface area contributed by atoms with Crippen molar-refractivity contribution in [2.24, 2.45) is 28.5 Å². The molecule has 0 bridgehead atoms. The number of hydrazone groups is 1. The van der Waals surface area contributed by atoms with Gasteiger partial charge in [-0.2, -0.15) is 5.10 Å². The summed E-state index contributed by atoms with van der Waals surface area (Å²) in [5.41, 5.74) is 8.50. The van der Waals surface area contributed by atoms with E-state index in [4.69, 9.17) is 16.7 Å². The van der Waals surface area contributed by atoms with Crippen LogP contribution < -0.4 is 17.1 Å². The van der Waals surface area contributed by atoms with E-state index >= 15 is 0 Å². The molecule has 0 aliphatic heterocycles. The summed E-state index contributed by atoms with van der Waals surface area (Å²) in [5, 5.41) is 12.4. The van der Waals surface area contributed by atoms with Gasteiger partial charge in [0.15, 0.2) is 0 Å². The normalized spacial score (nSPS) is 12.2. The van der Waals surface area contributed by atoms with Crippen LogP contribution in [0.15, 0.2) is 29.9 Å². The molecule has 6 heteroatoms. The molecule has 0 rings (SSSR count). The van der Waals surface area contributed by atoms with Crippen LogP contribution in [0.4, 0.5) is 0 Å². The van der Waals surface area contributed by atoms with Crippen LogP contribution in [-0.4, -0.2) is 16.9 Å². The summed E-state index contributed by atoms with van der Waals surface area (Å²) in [5.74, 6) is 4.09. The molecule has 0 spiro atoms. The van der Waals surface area contributed by atoms with Gasteiger partial charge in [-0.25, -0.2) is 11.4 Å². The van der Waals surface area contributed by atoms with Crippen molar-refractivity contribution >= 4 is 11.8 Å². The number of rotatable bonds is 7. The Hall–Kier alpha value is -1.82. The number of nitrogens with two attached hydrogens (primary N) is 2. The number of hydrazine groups is 1. The number of hydrogen-bond acceptors (Lipinski definition) is 4. The SMILES string of the molecule is C=CC(=C)C.CC(C)CC(C/C(N)=N/NN)C(=O)O. The zero-order chi connectivity index (χ0) is 15.4. The second-order valence-corrected chi connectivity index (χ2v) is 4.65. The van der Waals surface area contributed by atoms with Gasteiger partial charge in [-0.3, -0.25) is 4.79 Å². The van der Waals surface area contributed by atoms with Gasteiger partial charge in [-0.1, -0.05) is 38.7 Å². The average molecular weight is 270 g/mol. The van der Waals surface area contributed by atoms with E-state index in [1.54, 1.807) is 6.08 Å². The molecule has 0 fully saturated rings. The second kappa shape index (κ2) is 11.3. The summed E-state index contributed by atoms with van der Waals surface area (Å²) in [7, 11) is 0. The van der Waals surface area contributed by atoms with Gasteiger partial charge >= 0.3 is 5.97 Å². The minimum Gasteiger partial charge on any atom is -0.481 e. The zero-order valence-corrected chi connectivity index (χ0v) is 12.0. The monoisotopic (exact) mass is 270 g/mol. The highest BCUT2D eigenvalue weighted by Gasteiger charge is 2.20. The van der Waals surface area contributed by atoms with Gasteiger partial charge in [0.2, 0.25) is 0 Å². The van der Waals surface area contributed by atoms with E-state index in [2.05, 4.69) is 18.3 Å². The quantitative estimate of drug-likeness (QED) is 0.184. The Morgan fingerprint density at radius 1 is 1.53 bits per heavy atom. The van der Waals surface area contributed by atoms with Crippen molar-refractivity contribution in [1.29, 1.82) is 0 Å². The summed E-state index contributed by atoms with van der Waals surface area (Å²) in [6.07, 6.45) is 2.52. The highest BCUT2D eigenvalue weighted by atomic mass is 16.4. The maximum Gasteiger partial charge on any atom is 0.306 e. The molecule has 110 valence electrons. The third kappa shape index (κ3) is 14.1. The molecule has 0 aliphatic carbocycles. The molecule has 0 saturated carbocycles. The number of amidine groups is 1. The zero-order valence-electron chi connectivity index (χ0n) is 12.0. The molecule has 6 nitrogen and oxygen atoms in total. The molecule has 0 aromatic heterocycles. The molecule has 0 amide bonds. The lowest BCUT2D eigenvalue weighted by atomic mass is 9.94. The maximum absolute atomic E-state index is 10.8. The van der Waals surface area contributed by atoms with Gasteiger partial charge in [-0.15, -0.1) is 0 Å². The van der Waals surface area contributed by atoms with Crippen molar-refractivity contribution in [3.8, 4) is 0 Å². The fourth-order valence-corrected chi connectivity index (χ4v) is 1.22. The third-order valence-electron chi connectivity index (χ3n) is 2.12.